The first kappa shape index (κ1) is 13.6. The Morgan fingerprint density at radius 1 is 1.17 bits per heavy atom. The van der Waals surface area contributed by atoms with Crippen LogP contribution >= 0.6 is 0 Å². The fourth-order valence-corrected chi connectivity index (χ4v) is 3.07. The Hall–Kier alpha value is -0.820. The summed E-state index contributed by atoms with van der Waals surface area (Å²) in [5.41, 5.74) is 4.55. The predicted molar refractivity (Wildman–Crippen MR) is 78.9 cm³/mol. The third kappa shape index (κ3) is 2.77. The highest BCUT2D eigenvalue weighted by atomic mass is 14.9. The number of nitrogens with one attached hydrogen (secondary N) is 1. The highest BCUT2D eigenvalue weighted by Gasteiger charge is 2.39. The maximum Gasteiger partial charge on any atom is 0.0351 e. The summed E-state index contributed by atoms with van der Waals surface area (Å²) in [6, 6.07) is 7.69. The fourth-order valence-electron chi connectivity index (χ4n) is 3.07. The number of hydrogen-bond acceptors (Lipinski definition) is 1. The van der Waals surface area contributed by atoms with Crippen molar-refractivity contribution >= 4 is 0 Å². The monoisotopic (exact) mass is 245 g/mol. The van der Waals surface area contributed by atoms with Crippen LogP contribution in [0, 0.1) is 11.8 Å². The zero-order valence-corrected chi connectivity index (χ0v) is 12.3. The summed E-state index contributed by atoms with van der Waals surface area (Å²) in [5, 5.41) is 3.68. The fraction of sp³-hybridized carbons (Fsp3) is 0.647. The molecular weight excluding hydrogens is 218 g/mol. The molecule has 1 aromatic carbocycles. The van der Waals surface area contributed by atoms with E-state index in [1.54, 1.807) is 0 Å². The molecule has 0 radical (unpaired) electrons. The van der Waals surface area contributed by atoms with Crippen molar-refractivity contribution in [3.05, 3.63) is 34.9 Å². The molecule has 1 nitrogen and oxygen atoms in total. The molecule has 0 heterocycles. The van der Waals surface area contributed by atoms with Crippen LogP contribution in [0.3, 0.4) is 0 Å². The summed E-state index contributed by atoms with van der Waals surface area (Å²) in [6.45, 7) is 10.2. The molecule has 2 rings (SSSR count). The zero-order chi connectivity index (χ0) is 13.1. The summed E-state index contributed by atoms with van der Waals surface area (Å²) < 4.78 is 0. The zero-order valence-electron chi connectivity index (χ0n) is 12.3. The van der Waals surface area contributed by atoms with Gasteiger partial charge in [0.05, 0.1) is 0 Å². The van der Waals surface area contributed by atoms with Crippen molar-refractivity contribution in [1.29, 1.82) is 0 Å². The lowest BCUT2D eigenvalue weighted by Gasteiger charge is -2.20. The van der Waals surface area contributed by atoms with Crippen molar-refractivity contribution in [2.45, 2.75) is 53.0 Å². The normalized spacial score (nSPS) is 24.0. The molecule has 1 fully saturated rings. The van der Waals surface area contributed by atoms with Crippen molar-refractivity contribution in [2.75, 3.05) is 6.54 Å². The van der Waals surface area contributed by atoms with Gasteiger partial charge in [0.1, 0.15) is 0 Å². The van der Waals surface area contributed by atoms with Gasteiger partial charge in [-0.3, -0.25) is 0 Å². The summed E-state index contributed by atoms with van der Waals surface area (Å²) in [5.74, 6) is 1.74. The van der Waals surface area contributed by atoms with Crippen molar-refractivity contribution in [1.82, 2.24) is 5.32 Å². The Labute approximate surface area is 112 Å². The molecule has 100 valence electrons. The van der Waals surface area contributed by atoms with Gasteiger partial charge in [-0.15, -0.1) is 0 Å². The Morgan fingerprint density at radius 3 is 2.33 bits per heavy atom. The minimum absolute atomic E-state index is 0.571. The van der Waals surface area contributed by atoms with E-state index in [-0.39, 0.29) is 0 Å². The topological polar surface area (TPSA) is 12.0 Å². The SMILES string of the molecule is CCNC(c1ccc(CC)c(CC)c1)C1CC1C. The third-order valence-electron chi connectivity index (χ3n) is 4.38. The van der Waals surface area contributed by atoms with E-state index in [1.807, 2.05) is 0 Å². The Bertz CT molecular complexity index is 397. The smallest absolute Gasteiger partial charge is 0.0351 e. The van der Waals surface area contributed by atoms with Crippen molar-refractivity contribution in [3.63, 3.8) is 0 Å². The lowest BCUT2D eigenvalue weighted by Crippen LogP contribution is -2.23. The van der Waals surface area contributed by atoms with Crippen molar-refractivity contribution < 1.29 is 0 Å². The van der Waals surface area contributed by atoms with Gasteiger partial charge in [-0.2, -0.15) is 0 Å². The molecular formula is C17H27N. The molecule has 1 saturated carbocycles. The first-order valence-electron chi connectivity index (χ1n) is 7.56. The average molecular weight is 245 g/mol. The maximum absolute atomic E-state index is 3.68. The van der Waals surface area contributed by atoms with E-state index in [0.29, 0.717) is 6.04 Å². The van der Waals surface area contributed by atoms with E-state index in [0.717, 1.165) is 31.2 Å². The molecule has 3 unspecified atom stereocenters. The standard InChI is InChI=1S/C17H27N/c1-5-13-8-9-15(11-14(13)6-2)17(18-7-3)16-10-12(16)4/h8-9,11-12,16-18H,5-7,10H2,1-4H3. The van der Waals surface area contributed by atoms with E-state index in [2.05, 4.69) is 51.2 Å². The molecule has 1 aliphatic rings. The van der Waals surface area contributed by atoms with Gasteiger partial charge in [-0.25, -0.2) is 0 Å². The van der Waals surface area contributed by atoms with Gasteiger partial charge < -0.3 is 5.32 Å². The van der Waals surface area contributed by atoms with Crippen LogP contribution in [-0.2, 0) is 12.8 Å². The van der Waals surface area contributed by atoms with Crippen LogP contribution in [0.15, 0.2) is 18.2 Å². The Kier molecular flexibility index (Phi) is 4.45. The summed E-state index contributed by atoms with van der Waals surface area (Å²) in [6.07, 6.45) is 3.68. The number of aryl methyl sites for hydroxylation is 2. The minimum Gasteiger partial charge on any atom is -0.310 e. The molecule has 1 N–H and O–H groups in total. The summed E-state index contributed by atoms with van der Waals surface area (Å²) in [7, 11) is 0. The van der Waals surface area contributed by atoms with E-state index < -0.39 is 0 Å². The van der Waals surface area contributed by atoms with Crippen LogP contribution in [0.1, 0.15) is 56.8 Å². The Balaban J connectivity index is 2.24. The van der Waals surface area contributed by atoms with Gasteiger partial charge in [-0.05, 0) is 54.3 Å². The molecule has 0 aromatic heterocycles. The van der Waals surface area contributed by atoms with E-state index in [1.165, 1.54) is 23.1 Å². The summed E-state index contributed by atoms with van der Waals surface area (Å²) in [4.78, 5) is 0. The van der Waals surface area contributed by atoms with Crippen LogP contribution < -0.4 is 5.32 Å². The highest BCUT2D eigenvalue weighted by molar-refractivity contribution is 5.34. The van der Waals surface area contributed by atoms with E-state index >= 15 is 0 Å². The lowest BCUT2D eigenvalue weighted by molar-refractivity contribution is 0.475. The largest absolute Gasteiger partial charge is 0.310 e. The number of rotatable bonds is 6. The second-order valence-electron chi connectivity index (χ2n) is 5.65. The van der Waals surface area contributed by atoms with E-state index in [9.17, 15) is 0 Å². The maximum atomic E-state index is 3.68. The molecule has 1 aromatic rings. The average Bonchev–Trinajstić information content (AvgIpc) is 3.12. The van der Waals surface area contributed by atoms with E-state index in [4.69, 9.17) is 0 Å². The van der Waals surface area contributed by atoms with Crippen LogP contribution in [0.5, 0.6) is 0 Å². The van der Waals surface area contributed by atoms with Gasteiger partial charge in [0, 0.05) is 6.04 Å². The summed E-state index contributed by atoms with van der Waals surface area (Å²) >= 11 is 0. The first-order chi connectivity index (χ1) is 8.71. The number of hydrogen-bond donors (Lipinski definition) is 1. The second-order valence-corrected chi connectivity index (χ2v) is 5.65. The molecule has 3 atom stereocenters. The van der Waals surface area contributed by atoms with Gasteiger partial charge in [0.15, 0.2) is 0 Å². The lowest BCUT2D eigenvalue weighted by atomic mass is 9.94. The molecule has 0 bridgehead atoms. The molecule has 0 saturated heterocycles. The number of benzene rings is 1. The molecule has 1 heteroatoms. The van der Waals surface area contributed by atoms with Gasteiger partial charge in [0.2, 0.25) is 0 Å². The van der Waals surface area contributed by atoms with Crippen LogP contribution in [-0.4, -0.2) is 6.54 Å². The third-order valence-corrected chi connectivity index (χ3v) is 4.38. The quantitative estimate of drug-likeness (QED) is 0.795. The van der Waals surface area contributed by atoms with Gasteiger partial charge >= 0.3 is 0 Å². The van der Waals surface area contributed by atoms with Crippen molar-refractivity contribution in [2.24, 2.45) is 11.8 Å². The first-order valence-corrected chi connectivity index (χ1v) is 7.56. The van der Waals surface area contributed by atoms with Crippen LogP contribution in [0.25, 0.3) is 0 Å². The Morgan fingerprint density at radius 2 is 1.83 bits per heavy atom. The van der Waals surface area contributed by atoms with Crippen LogP contribution in [0.4, 0.5) is 0 Å². The highest BCUT2D eigenvalue weighted by Crippen LogP contribution is 2.47. The predicted octanol–water partition coefficient (Wildman–Crippen LogP) is 4.12. The second kappa shape index (κ2) is 5.88. The van der Waals surface area contributed by atoms with Crippen LogP contribution in [0.2, 0.25) is 0 Å². The molecule has 0 amide bonds. The minimum atomic E-state index is 0.571. The van der Waals surface area contributed by atoms with Gasteiger partial charge in [-0.1, -0.05) is 45.9 Å². The molecule has 1 aliphatic carbocycles. The molecule has 18 heavy (non-hydrogen) atoms. The molecule has 0 spiro atoms. The van der Waals surface area contributed by atoms with Gasteiger partial charge in [0.25, 0.3) is 0 Å². The van der Waals surface area contributed by atoms with Crippen molar-refractivity contribution in [3.8, 4) is 0 Å². The molecule has 0 aliphatic heterocycles.